The van der Waals surface area contributed by atoms with Crippen LogP contribution in [0.25, 0.3) is 0 Å². The Morgan fingerprint density at radius 1 is 1.04 bits per heavy atom. The number of hydrogen-bond donors (Lipinski definition) is 0. The van der Waals surface area contributed by atoms with E-state index in [-0.39, 0.29) is 11.7 Å². The van der Waals surface area contributed by atoms with Gasteiger partial charge in [0.05, 0.1) is 11.5 Å². The van der Waals surface area contributed by atoms with Gasteiger partial charge in [0.2, 0.25) is 0 Å². The van der Waals surface area contributed by atoms with E-state index in [1.54, 1.807) is 12.1 Å². The van der Waals surface area contributed by atoms with Crippen LogP contribution in [0.5, 0.6) is 0 Å². The second kappa shape index (κ2) is 9.67. The van der Waals surface area contributed by atoms with Crippen molar-refractivity contribution >= 4 is 0 Å². The average molecular weight is 367 g/mol. The van der Waals surface area contributed by atoms with Crippen LogP contribution >= 0.6 is 0 Å². The maximum Gasteiger partial charge on any atom is 0.123 e. The average Bonchev–Trinajstić information content (AvgIpc) is 2.69. The normalized spacial score (nSPS) is 14.7. The lowest BCUT2D eigenvalue weighted by molar-refractivity contribution is 0.207. The van der Waals surface area contributed by atoms with Crippen molar-refractivity contribution < 1.29 is 4.39 Å². The molecule has 0 radical (unpaired) electrons. The van der Waals surface area contributed by atoms with Gasteiger partial charge in [0.15, 0.2) is 0 Å². The van der Waals surface area contributed by atoms with E-state index in [4.69, 9.17) is 0 Å². The predicted molar refractivity (Wildman–Crippen MR) is 110 cm³/mol. The number of nitriles is 1. The second-order valence-electron chi connectivity index (χ2n) is 7.56. The Bertz CT molecular complexity index is 733. The van der Waals surface area contributed by atoms with Crippen LogP contribution < -0.4 is 0 Å². The molecule has 2 atom stereocenters. The quantitative estimate of drug-likeness (QED) is 0.535. The maximum absolute atomic E-state index is 13.3. The summed E-state index contributed by atoms with van der Waals surface area (Å²) in [4.78, 5) is 2.45. The Morgan fingerprint density at radius 3 is 2.19 bits per heavy atom. The van der Waals surface area contributed by atoms with Gasteiger partial charge in [-0.15, -0.1) is 0 Å². The number of benzene rings is 2. The van der Waals surface area contributed by atoms with Crippen molar-refractivity contribution in [2.75, 3.05) is 13.1 Å². The van der Waals surface area contributed by atoms with Gasteiger partial charge in [-0.1, -0.05) is 63.2 Å². The van der Waals surface area contributed by atoms with Gasteiger partial charge in [0.25, 0.3) is 0 Å². The van der Waals surface area contributed by atoms with Gasteiger partial charge >= 0.3 is 0 Å². The molecule has 2 aromatic rings. The summed E-state index contributed by atoms with van der Waals surface area (Å²) in [6.45, 7) is 10.5. The molecule has 0 amide bonds. The summed E-state index contributed by atoms with van der Waals surface area (Å²) in [5.74, 6) is -0.0993. The molecule has 0 heterocycles. The molecule has 0 spiro atoms. The summed E-state index contributed by atoms with van der Waals surface area (Å²) >= 11 is 0. The topological polar surface area (TPSA) is 27.0 Å². The lowest BCUT2D eigenvalue weighted by atomic mass is 9.70. The van der Waals surface area contributed by atoms with E-state index in [1.165, 1.54) is 17.7 Å². The van der Waals surface area contributed by atoms with E-state index >= 15 is 0 Å². The molecule has 0 aliphatic carbocycles. The molecule has 0 aliphatic heterocycles. The Balaban J connectivity index is 2.10. The van der Waals surface area contributed by atoms with Crippen LogP contribution in [0.3, 0.4) is 0 Å². The Kier molecular flexibility index (Phi) is 7.56. The van der Waals surface area contributed by atoms with Gasteiger partial charge in [0, 0.05) is 6.04 Å². The van der Waals surface area contributed by atoms with Gasteiger partial charge in [-0.2, -0.15) is 5.26 Å². The highest BCUT2D eigenvalue weighted by Gasteiger charge is 2.35. The predicted octanol–water partition coefficient (Wildman–Crippen LogP) is 6.11. The molecule has 0 aromatic heterocycles. The second-order valence-corrected chi connectivity index (χ2v) is 7.56. The first-order chi connectivity index (χ1) is 12.9. The SMILES string of the molecule is CCN(CCCC(C#N)(c1ccc(F)cc1)C(C)C)C(C)c1ccccc1. The molecule has 2 unspecified atom stereocenters. The van der Waals surface area contributed by atoms with Crippen LogP contribution in [0.1, 0.15) is 57.7 Å². The third-order valence-corrected chi connectivity index (χ3v) is 5.80. The van der Waals surface area contributed by atoms with E-state index in [1.807, 2.05) is 6.07 Å². The first-order valence-electron chi connectivity index (χ1n) is 9.91. The highest BCUT2D eigenvalue weighted by Crippen LogP contribution is 2.37. The first kappa shape index (κ1) is 21.1. The van der Waals surface area contributed by atoms with Crippen molar-refractivity contribution in [1.82, 2.24) is 4.90 Å². The van der Waals surface area contributed by atoms with Gasteiger partial charge < -0.3 is 0 Å². The van der Waals surface area contributed by atoms with Crippen molar-refractivity contribution in [2.24, 2.45) is 5.92 Å². The number of hydrogen-bond acceptors (Lipinski definition) is 2. The molecule has 3 heteroatoms. The van der Waals surface area contributed by atoms with Crippen molar-refractivity contribution in [3.8, 4) is 6.07 Å². The van der Waals surface area contributed by atoms with Crippen LogP contribution in [0, 0.1) is 23.1 Å². The summed E-state index contributed by atoms with van der Waals surface area (Å²) in [6.07, 6.45) is 1.69. The van der Waals surface area contributed by atoms with Crippen molar-refractivity contribution in [3.05, 3.63) is 71.5 Å². The zero-order chi connectivity index (χ0) is 19.9. The van der Waals surface area contributed by atoms with Gasteiger partial charge in [-0.05, 0) is 62.0 Å². The third kappa shape index (κ3) is 4.96. The molecular weight excluding hydrogens is 335 g/mol. The van der Waals surface area contributed by atoms with Crippen molar-refractivity contribution in [1.29, 1.82) is 5.26 Å². The van der Waals surface area contributed by atoms with Gasteiger partial charge in [-0.3, -0.25) is 4.90 Å². The van der Waals surface area contributed by atoms with Crippen LogP contribution in [0.2, 0.25) is 0 Å². The molecule has 0 N–H and O–H groups in total. The van der Waals surface area contributed by atoms with Crippen LogP contribution in [0.4, 0.5) is 4.39 Å². The summed E-state index contributed by atoms with van der Waals surface area (Å²) in [6, 6.07) is 19.9. The number of rotatable bonds is 9. The molecule has 0 saturated heterocycles. The molecule has 2 rings (SSSR count). The molecule has 2 nitrogen and oxygen atoms in total. The summed E-state index contributed by atoms with van der Waals surface area (Å²) in [7, 11) is 0. The fourth-order valence-electron chi connectivity index (χ4n) is 3.89. The monoisotopic (exact) mass is 366 g/mol. The highest BCUT2D eigenvalue weighted by molar-refractivity contribution is 5.33. The Labute approximate surface area is 163 Å². The fourth-order valence-corrected chi connectivity index (χ4v) is 3.89. The molecule has 0 aliphatic rings. The lowest BCUT2D eigenvalue weighted by Crippen LogP contribution is -2.33. The van der Waals surface area contributed by atoms with Crippen molar-refractivity contribution in [3.63, 3.8) is 0 Å². The smallest absolute Gasteiger partial charge is 0.123 e. The third-order valence-electron chi connectivity index (χ3n) is 5.80. The zero-order valence-electron chi connectivity index (χ0n) is 17.0. The fraction of sp³-hybridized carbons (Fsp3) is 0.458. The van der Waals surface area contributed by atoms with Crippen LogP contribution in [0.15, 0.2) is 54.6 Å². The Hall–Kier alpha value is -2.18. The minimum absolute atomic E-state index is 0.162. The zero-order valence-corrected chi connectivity index (χ0v) is 17.0. The number of nitrogens with zero attached hydrogens (tertiary/aromatic N) is 2. The largest absolute Gasteiger partial charge is 0.297 e. The first-order valence-corrected chi connectivity index (χ1v) is 9.91. The Morgan fingerprint density at radius 2 is 1.67 bits per heavy atom. The van der Waals surface area contributed by atoms with E-state index in [2.05, 4.69) is 62.9 Å². The van der Waals surface area contributed by atoms with Crippen molar-refractivity contribution in [2.45, 2.75) is 52.0 Å². The standard InChI is InChI=1S/C24H31FN2/c1-5-27(20(4)21-10-7-6-8-11-21)17-9-16-24(18-26,19(2)3)22-12-14-23(25)15-13-22/h6-8,10-15,19-20H,5,9,16-17H2,1-4H3. The molecule has 0 saturated carbocycles. The highest BCUT2D eigenvalue weighted by atomic mass is 19.1. The van der Waals surface area contributed by atoms with E-state index in [0.29, 0.717) is 6.04 Å². The molecule has 27 heavy (non-hydrogen) atoms. The van der Waals surface area contributed by atoms with Crippen LogP contribution in [-0.4, -0.2) is 18.0 Å². The minimum Gasteiger partial charge on any atom is -0.297 e. The molecule has 0 bridgehead atoms. The molecule has 144 valence electrons. The van der Waals surface area contributed by atoms with E-state index < -0.39 is 5.41 Å². The summed E-state index contributed by atoms with van der Waals surface area (Å²) in [5.41, 5.74) is 1.65. The summed E-state index contributed by atoms with van der Waals surface area (Å²) < 4.78 is 13.3. The summed E-state index contributed by atoms with van der Waals surface area (Å²) in [5, 5.41) is 10.0. The van der Waals surface area contributed by atoms with Crippen LogP contribution in [-0.2, 0) is 5.41 Å². The number of halogens is 1. The maximum atomic E-state index is 13.3. The minimum atomic E-state index is -0.580. The molecule has 0 fully saturated rings. The molecule has 2 aromatic carbocycles. The lowest BCUT2D eigenvalue weighted by Gasteiger charge is -2.33. The van der Waals surface area contributed by atoms with E-state index in [9.17, 15) is 9.65 Å². The molecular formula is C24H31FN2. The van der Waals surface area contributed by atoms with Gasteiger partial charge in [0.1, 0.15) is 5.82 Å². The van der Waals surface area contributed by atoms with E-state index in [0.717, 1.165) is 31.5 Å². The van der Waals surface area contributed by atoms with Gasteiger partial charge in [-0.25, -0.2) is 4.39 Å².